The first-order valence-corrected chi connectivity index (χ1v) is 7.49. The molecule has 1 aromatic carbocycles. The number of hydrogen-bond donors (Lipinski definition) is 2. The van der Waals surface area contributed by atoms with E-state index >= 15 is 0 Å². The zero-order valence-corrected chi connectivity index (χ0v) is 13.2. The Hall–Kier alpha value is -1.26. The van der Waals surface area contributed by atoms with Crippen LogP contribution in [-0.2, 0) is 17.8 Å². The molecule has 0 aromatic heterocycles. The Morgan fingerprint density at radius 3 is 2.71 bits per heavy atom. The maximum Gasteiger partial charge on any atom is 0.222 e. The number of unbranched alkanes of at least 4 members (excludes halogenated alkanes) is 3. The lowest BCUT2D eigenvalue weighted by Crippen LogP contribution is -2.35. The highest BCUT2D eigenvalue weighted by molar-refractivity contribution is 5.85. The molecule has 0 spiro atoms. The molecule has 0 saturated carbocycles. The first-order valence-electron chi connectivity index (χ1n) is 7.49. The Bertz CT molecular complexity index is 466. The van der Waals surface area contributed by atoms with Crippen molar-refractivity contribution in [2.24, 2.45) is 5.73 Å². The normalized spacial score (nSPS) is 13.5. The summed E-state index contributed by atoms with van der Waals surface area (Å²) in [5.74, 6) is 0.506. The number of nitrogens with zero attached hydrogens (tertiary/aromatic N) is 1. The first kappa shape index (κ1) is 17.8. The number of hydrogen-bond acceptors (Lipinski definition) is 3. The van der Waals surface area contributed by atoms with Crippen LogP contribution in [0.3, 0.4) is 0 Å². The number of carbonyl (C=O) groups is 1. The molecule has 0 saturated heterocycles. The number of phenols is 1. The second-order valence-corrected chi connectivity index (χ2v) is 5.47. The van der Waals surface area contributed by atoms with Crippen molar-refractivity contribution in [1.82, 2.24) is 4.90 Å². The molecule has 4 nitrogen and oxygen atoms in total. The van der Waals surface area contributed by atoms with Crippen molar-refractivity contribution in [3.63, 3.8) is 0 Å². The molecule has 0 aliphatic carbocycles. The van der Waals surface area contributed by atoms with Crippen molar-refractivity contribution in [2.45, 2.75) is 45.1 Å². The molecule has 118 valence electrons. The lowest BCUT2D eigenvalue weighted by atomic mass is 9.99. The fourth-order valence-electron chi connectivity index (χ4n) is 2.69. The molecule has 0 unspecified atom stereocenters. The SMILES string of the molecule is Cl.NCCCCCCC(=O)N1CCc2ccc(O)cc2C1. The van der Waals surface area contributed by atoms with Gasteiger partial charge in [-0.15, -0.1) is 12.4 Å². The Kier molecular flexibility index (Phi) is 7.54. The molecule has 0 fully saturated rings. The van der Waals surface area contributed by atoms with Gasteiger partial charge in [-0.2, -0.15) is 0 Å². The van der Waals surface area contributed by atoms with Crippen LogP contribution in [0.4, 0.5) is 0 Å². The van der Waals surface area contributed by atoms with Gasteiger partial charge in [0, 0.05) is 19.5 Å². The van der Waals surface area contributed by atoms with Crippen molar-refractivity contribution in [3.8, 4) is 5.75 Å². The third-order valence-corrected chi connectivity index (χ3v) is 3.90. The first-order chi connectivity index (χ1) is 9.70. The van der Waals surface area contributed by atoms with E-state index in [1.54, 1.807) is 12.1 Å². The molecule has 1 heterocycles. The van der Waals surface area contributed by atoms with Crippen molar-refractivity contribution in [1.29, 1.82) is 0 Å². The molecule has 3 N–H and O–H groups in total. The van der Waals surface area contributed by atoms with Crippen molar-refractivity contribution < 1.29 is 9.90 Å². The van der Waals surface area contributed by atoms with E-state index in [0.29, 0.717) is 13.0 Å². The van der Waals surface area contributed by atoms with Crippen LogP contribution in [0, 0.1) is 0 Å². The molecule has 2 rings (SSSR count). The van der Waals surface area contributed by atoms with E-state index in [4.69, 9.17) is 5.73 Å². The van der Waals surface area contributed by atoms with Gasteiger partial charge in [0.25, 0.3) is 0 Å². The Balaban J connectivity index is 0.00000220. The van der Waals surface area contributed by atoms with Crippen LogP contribution >= 0.6 is 12.4 Å². The molecule has 0 bridgehead atoms. The van der Waals surface area contributed by atoms with Crippen LogP contribution in [0.25, 0.3) is 0 Å². The van der Waals surface area contributed by atoms with E-state index in [-0.39, 0.29) is 24.1 Å². The van der Waals surface area contributed by atoms with Crippen LogP contribution in [0.15, 0.2) is 18.2 Å². The zero-order chi connectivity index (χ0) is 14.4. The molecule has 1 aromatic rings. The van der Waals surface area contributed by atoms with Crippen LogP contribution in [-0.4, -0.2) is 29.0 Å². The predicted molar refractivity (Wildman–Crippen MR) is 86.6 cm³/mol. The molecule has 5 heteroatoms. The summed E-state index contributed by atoms with van der Waals surface area (Å²) >= 11 is 0. The van der Waals surface area contributed by atoms with Crippen LogP contribution in [0.1, 0.15) is 43.2 Å². The summed E-state index contributed by atoms with van der Waals surface area (Å²) in [6.45, 7) is 2.16. The number of halogens is 1. The highest BCUT2D eigenvalue weighted by atomic mass is 35.5. The van der Waals surface area contributed by atoms with Gasteiger partial charge in [0.05, 0.1) is 0 Å². The van der Waals surface area contributed by atoms with E-state index in [1.165, 1.54) is 5.56 Å². The zero-order valence-electron chi connectivity index (χ0n) is 12.4. The van der Waals surface area contributed by atoms with E-state index in [1.807, 2.05) is 11.0 Å². The fourth-order valence-corrected chi connectivity index (χ4v) is 2.69. The van der Waals surface area contributed by atoms with Gasteiger partial charge in [-0.1, -0.05) is 18.9 Å². The van der Waals surface area contributed by atoms with Crippen LogP contribution in [0.5, 0.6) is 5.75 Å². The van der Waals surface area contributed by atoms with Crippen molar-refractivity contribution in [2.75, 3.05) is 13.1 Å². The summed E-state index contributed by atoms with van der Waals surface area (Å²) < 4.78 is 0. The number of amides is 1. The minimum atomic E-state index is 0. The number of aromatic hydroxyl groups is 1. The third kappa shape index (κ3) is 5.21. The van der Waals surface area contributed by atoms with Crippen LogP contribution in [0.2, 0.25) is 0 Å². The Morgan fingerprint density at radius 2 is 1.95 bits per heavy atom. The quantitative estimate of drug-likeness (QED) is 0.793. The number of carbonyl (C=O) groups excluding carboxylic acids is 1. The average Bonchev–Trinajstić information content (AvgIpc) is 2.46. The van der Waals surface area contributed by atoms with Crippen molar-refractivity contribution >= 4 is 18.3 Å². The average molecular weight is 313 g/mol. The van der Waals surface area contributed by atoms with Gasteiger partial charge in [-0.25, -0.2) is 0 Å². The van der Waals surface area contributed by atoms with Gasteiger partial charge < -0.3 is 15.7 Å². The molecule has 1 aliphatic rings. The molecule has 1 amide bonds. The summed E-state index contributed by atoms with van der Waals surface area (Å²) in [5.41, 5.74) is 7.77. The molecular formula is C16H25ClN2O2. The van der Waals surface area contributed by atoms with E-state index in [9.17, 15) is 9.90 Å². The predicted octanol–water partition coefficient (Wildman–Crippen LogP) is 2.61. The summed E-state index contributed by atoms with van der Waals surface area (Å²) in [4.78, 5) is 14.1. The molecule has 21 heavy (non-hydrogen) atoms. The van der Waals surface area contributed by atoms with Gasteiger partial charge in [-0.3, -0.25) is 4.79 Å². The summed E-state index contributed by atoms with van der Waals surface area (Å²) in [7, 11) is 0. The molecule has 0 radical (unpaired) electrons. The maximum absolute atomic E-state index is 12.2. The van der Waals surface area contributed by atoms with Gasteiger partial charge in [0.1, 0.15) is 5.75 Å². The fraction of sp³-hybridized carbons (Fsp3) is 0.562. The lowest BCUT2D eigenvalue weighted by Gasteiger charge is -2.29. The second-order valence-electron chi connectivity index (χ2n) is 5.47. The minimum absolute atomic E-state index is 0. The third-order valence-electron chi connectivity index (χ3n) is 3.90. The number of phenolic OH excluding ortho intramolecular Hbond substituents is 1. The van der Waals surface area contributed by atoms with Gasteiger partial charge in [0.2, 0.25) is 5.91 Å². The molecule has 0 atom stereocenters. The molecule has 1 aliphatic heterocycles. The minimum Gasteiger partial charge on any atom is -0.508 e. The van der Waals surface area contributed by atoms with Crippen LogP contribution < -0.4 is 5.73 Å². The highest BCUT2D eigenvalue weighted by Crippen LogP contribution is 2.23. The summed E-state index contributed by atoms with van der Waals surface area (Å²) in [5, 5.41) is 9.52. The standard InChI is InChI=1S/C16H24N2O2.ClH/c17-9-4-2-1-3-5-16(20)18-10-8-13-6-7-15(19)11-14(13)12-18;/h6-7,11,19H,1-5,8-10,12,17H2;1H. The van der Waals surface area contributed by atoms with Gasteiger partial charge in [-0.05, 0) is 49.1 Å². The number of rotatable bonds is 6. The van der Waals surface area contributed by atoms with Crippen molar-refractivity contribution in [3.05, 3.63) is 29.3 Å². The van der Waals surface area contributed by atoms with Gasteiger partial charge >= 0.3 is 0 Å². The number of nitrogens with two attached hydrogens (primary N) is 1. The maximum atomic E-state index is 12.2. The number of benzene rings is 1. The van der Waals surface area contributed by atoms with Gasteiger partial charge in [0.15, 0.2) is 0 Å². The second kappa shape index (κ2) is 8.90. The summed E-state index contributed by atoms with van der Waals surface area (Å²) in [6, 6.07) is 5.45. The topological polar surface area (TPSA) is 66.6 Å². The molecular weight excluding hydrogens is 288 g/mol. The lowest BCUT2D eigenvalue weighted by molar-refractivity contribution is -0.132. The van der Waals surface area contributed by atoms with E-state index in [2.05, 4.69) is 0 Å². The Morgan fingerprint density at radius 1 is 1.19 bits per heavy atom. The smallest absolute Gasteiger partial charge is 0.222 e. The largest absolute Gasteiger partial charge is 0.508 e. The van der Waals surface area contributed by atoms with E-state index < -0.39 is 0 Å². The highest BCUT2D eigenvalue weighted by Gasteiger charge is 2.20. The summed E-state index contributed by atoms with van der Waals surface area (Å²) in [6.07, 6.45) is 5.69. The monoisotopic (exact) mass is 312 g/mol. The number of fused-ring (bicyclic) bond motifs is 1. The Labute approximate surface area is 132 Å². The van der Waals surface area contributed by atoms with E-state index in [0.717, 1.165) is 50.8 Å².